The van der Waals surface area contributed by atoms with Crippen molar-refractivity contribution in [3.63, 3.8) is 0 Å². The summed E-state index contributed by atoms with van der Waals surface area (Å²) in [5.41, 5.74) is 0.915. The molecule has 0 atom stereocenters. The summed E-state index contributed by atoms with van der Waals surface area (Å²) in [6, 6.07) is 7.85. The fraction of sp³-hybridized carbons (Fsp3) is 0.444. The second-order valence-corrected chi connectivity index (χ2v) is 6.47. The van der Waals surface area contributed by atoms with Gasteiger partial charge in [-0.3, -0.25) is 14.9 Å². The fourth-order valence-electron chi connectivity index (χ4n) is 3.18. The first-order valence-electron chi connectivity index (χ1n) is 8.89. The van der Waals surface area contributed by atoms with Gasteiger partial charge in [0, 0.05) is 31.4 Å². The molecule has 1 saturated heterocycles. The summed E-state index contributed by atoms with van der Waals surface area (Å²) in [6.07, 6.45) is 3.64. The zero-order valence-corrected chi connectivity index (χ0v) is 16.0. The van der Waals surface area contributed by atoms with Crippen molar-refractivity contribution in [2.75, 3.05) is 26.2 Å². The maximum Gasteiger partial charge on any atom is 0.274 e. The molecule has 0 bridgehead atoms. The number of amides is 1. The molecular weight excluding hydrogens is 370 g/mol. The van der Waals surface area contributed by atoms with E-state index >= 15 is 0 Å². The van der Waals surface area contributed by atoms with Gasteiger partial charge in [-0.05, 0) is 44.0 Å². The molecule has 1 aromatic carbocycles. The van der Waals surface area contributed by atoms with E-state index in [-0.39, 0.29) is 24.0 Å². The molecule has 1 aromatic heterocycles. The molecule has 3 rings (SSSR count). The van der Waals surface area contributed by atoms with Gasteiger partial charge in [-0.25, -0.2) is 4.68 Å². The fourth-order valence-corrected chi connectivity index (χ4v) is 3.18. The Hall–Kier alpha value is -2.45. The smallest absolute Gasteiger partial charge is 0.274 e. The first kappa shape index (κ1) is 20.9. The van der Waals surface area contributed by atoms with Crippen molar-refractivity contribution in [1.29, 1.82) is 0 Å². The van der Waals surface area contributed by atoms with Crippen LogP contribution in [-0.4, -0.2) is 51.7 Å². The minimum atomic E-state index is -0.448. The van der Waals surface area contributed by atoms with Gasteiger partial charge in [0.15, 0.2) is 5.69 Å². The van der Waals surface area contributed by atoms with Crippen molar-refractivity contribution in [2.24, 2.45) is 5.92 Å². The van der Waals surface area contributed by atoms with Gasteiger partial charge < -0.3 is 10.2 Å². The van der Waals surface area contributed by atoms with Crippen molar-refractivity contribution < 1.29 is 9.72 Å². The Bertz CT molecular complexity index is 787. The normalized spacial score (nSPS) is 14.6. The van der Waals surface area contributed by atoms with Gasteiger partial charge >= 0.3 is 0 Å². The number of aromatic nitrogens is 2. The molecule has 2 aromatic rings. The molecule has 1 aliphatic heterocycles. The minimum Gasteiger partial charge on any atom is -0.337 e. The van der Waals surface area contributed by atoms with Crippen LogP contribution in [0.2, 0.25) is 0 Å². The number of piperidine rings is 1. The third-order valence-electron chi connectivity index (χ3n) is 4.70. The number of nitro benzene ring substituents is 1. The summed E-state index contributed by atoms with van der Waals surface area (Å²) in [5, 5.41) is 18.6. The maximum absolute atomic E-state index is 12.7. The third kappa shape index (κ3) is 5.05. The van der Waals surface area contributed by atoms with E-state index in [2.05, 4.69) is 17.3 Å². The van der Waals surface area contributed by atoms with Crippen molar-refractivity contribution >= 4 is 24.0 Å². The van der Waals surface area contributed by atoms with E-state index in [1.807, 2.05) is 4.90 Å². The molecule has 9 heteroatoms. The van der Waals surface area contributed by atoms with Crippen LogP contribution in [0.5, 0.6) is 0 Å². The lowest BCUT2D eigenvalue weighted by Gasteiger charge is -2.31. The molecule has 146 valence electrons. The lowest BCUT2D eigenvalue weighted by molar-refractivity contribution is -0.384. The van der Waals surface area contributed by atoms with Gasteiger partial charge in [0.2, 0.25) is 0 Å². The standard InChI is InChI=1S/C18H23N5O3.ClH/c1-2-19-13-14-6-9-21(10-7-14)18(24)17-8-11-22(20-17)15-4-3-5-16(12-15)23(25)26;/h3-5,8,11-12,14,19H,2,6-7,9-10,13H2,1H3;1H. The Labute approximate surface area is 164 Å². The first-order valence-corrected chi connectivity index (χ1v) is 8.89. The van der Waals surface area contributed by atoms with Crippen LogP contribution in [0.25, 0.3) is 5.69 Å². The molecule has 0 spiro atoms. The monoisotopic (exact) mass is 393 g/mol. The van der Waals surface area contributed by atoms with Gasteiger partial charge in [-0.2, -0.15) is 5.10 Å². The number of halogens is 1. The largest absolute Gasteiger partial charge is 0.337 e. The van der Waals surface area contributed by atoms with E-state index in [4.69, 9.17) is 0 Å². The SMILES string of the molecule is CCNCC1CCN(C(=O)c2ccn(-c3cccc([N+](=O)[O-])c3)n2)CC1.Cl. The predicted molar refractivity (Wildman–Crippen MR) is 105 cm³/mol. The highest BCUT2D eigenvalue weighted by molar-refractivity contribution is 5.92. The van der Waals surface area contributed by atoms with Gasteiger partial charge in [0.25, 0.3) is 11.6 Å². The molecular formula is C18H24ClN5O3. The summed E-state index contributed by atoms with van der Waals surface area (Å²) in [7, 11) is 0. The summed E-state index contributed by atoms with van der Waals surface area (Å²) >= 11 is 0. The molecule has 0 saturated carbocycles. The van der Waals surface area contributed by atoms with E-state index in [0.29, 0.717) is 17.3 Å². The van der Waals surface area contributed by atoms with Crippen molar-refractivity contribution in [3.05, 3.63) is 52.3 Å². The molecule has 1 N–H and O–H groups in total. The zero-order valence-electron chi connectivity index (χ0n) is 15.2. The number of benzene rings is 1. The highest BCUT2D eigenvalue weighted by Gasteiger charge is 2.24. The molecule has 0 aliphatic carbocycles. The Balaban J connectivity index is 0.00000261. The van der Waals surface area contributed by atoms with E-state index in [0.717, 1.165) is 39.0 Å². The number of nitro groups is 1. The Morgan fingerprint density at radius 3 is 2.74 bits per heavy atom. The first-order chi connectivity index (χ1) is 12.6. The van der Waals surface area contributed by atoms with Crippen LogP contribution < -0.4 is 5.32 Å². The number of non-ortho nitro benzene ring substituents is 1. The number of nitrogens with zero attached hydrogens (tertiary/aromatic N) is 4. The Kier molecular flexibility index (Phi) is 7.32. The molecule has 1 fully saturated rings. The second-order valence-electron chi connectivity index (χ2n) is 6.47. The van der Waals surface area contributed by atoms with Crippen LogP contribution in [0.4, 0.5) is 5.69 Å². The molecule has 1 amide bonds. The molecule has 8 nitrogen and oxygen atoms in total. The topological polar surface area (TPSA) is 93.3 Å². The van der Waals surface area contributed by atoms with Crippen LogP contribution in [0.15, 0.2) is 36.5 Å². The summed E-state index contributed by atoms with van der Waals surface area (Å²) in [5.74, 6) is 0.525. The lowest BCUT2D eigenvalue weighted by Crippen LogP contribution is -2.41. The Morgan fingerprint density at radius 1 is 1.33 bits per heavy atom. The number of rotatable bonds is 6. The minimum absolute atomic E-state index is 0. The van der Waals surface area contributed by atoms with E-state index in [9.17, 15) is 14.9 Å². The third-order valence-corrected chi connectivity index (χ3v) is 4.70. The van der Waals surface area contributed by atoms with Crippen molar-refractivity contribution in [2.45, 2.75) is 19.8 Å². The van der Waals surface area contributed by atoms with Gasteiger partial charge in [-0.1, -0.05) is 13.0 Å². The van der Waals surface area contributed by atoms with Gasteiger partial charge in [0.1, 0.15) is 0 Å². The zero-order chi connectivity index (χ0) is 18.5. The van der Waals surface area contributed by atoms with Gasteiger partial charge in [-0.15, -0.1) is 12.4 Å². The van der Waals surface area contributed by atoms with E-state index in [1.54, 1.807) is 24.4 Å². The van der Waals surface area contributed by atoms with E-state index < -0.39 is 4.92 Å². The molecule has 1 aliphatic rings. The van der Waals surface area contributed by atoms with E-state index in [1.165, 1.54) is 16.8 Å². The van der Waals surface area contributed by atoms with Crippen LogP contribution in [0.1, 0.15) is 30.3 Å². The number of hydrogen-bond donors (Lipinski definition) is 1. The van der Waals surface area contributed by atoms with Crippen molar-refractivity contribution in [3.8, 4) is 5.69 Å². The van der Waals surface area contributed by atoms with Crippen molar-refractivity contribution in [1.82, 2.24) is 20.0 Å². The average molecular weight is 394 g/mol. The summed E-state index contributed by atoms with van der Waals surface area (Å²) < 4.78 is 1.50. The van der Waals surface area contributed by atoms with Crippen LogP contribution >= 0.6 is 12.4 Å². The lowest BCUT2D eigenvalue weighted by atomic mass is 9.96. The molecule has 0 radical (unpaired) electrons. The van der Waals surface area contributed by atoms with Crippen LogP contribution in [0.3, 0.4) is 0 Å². The quantitative estimate of drug-likeness (QED) is 0.601. The van der Waals surface area contributed by atoms with Crippen LogP contribution in [0, 0.1) is 16.0 Å². The molecule has 27 heavy (non-hydrogen) atoms. The second kappa shape index (κ2) is 9.48. The van der Waals surface area contributed by atoms with Crippen LogP contribution in [-0.2, 0) is 0 Å². The number of hydrogen-bond acceptors (Lipinski definition) is 5. The summed E-state index contributed by atoms with van der Waals surface area (Å²) in [4.78, 5) is 25.0. The summed E-state index contributed by atoms with van der Waals surface area (Å²) in [6.45, 7) is 5.53. The maximum atomic E-state index is 12.7. The number of nitrogens with one attached hydrogen (secondary N) is 1. The Morgan fingerprint density at radius 2 is 2.07 bits per heavy atom. The highest BCUT2D eigenvalue weighted by atomic mass is 35.5. The highest BCUT2D eigenvalue weighted by Crippen LogP contribution is 2.19. The number of likely N-dealkylation sites (tertiary alicyclic amines) is 1. The number of carbonyl (C=O) groups excluding carboxylic acids is 1. The molecule has 0 unspecified atom stereocenters. The number of carbonyl (C=O) groups is 1. The predicted octanol–water partition coefficient (Wildman–Crippen LogP) is 2.66. The van der Waals surface area contributed by atoms with Gasteiger partial charge in [0.05, 0.1) is 10.6 Å². The average Bonchev–Trinajstić information content (AvgIpc) is 3.16. The molecule has 2 heterocycles.